The van der Waals surface area contributed by atoms with E-state index in [1.54, 1.807) is 0 Å². The second-order valence-corrected chi connectivity index (χ2v) is 5.78. The molecule has 0 saturated heterocycles. The molecule has 1 saturated carbocycles. The van der Waals surface area contributed by atoms with Gasteiger partial charge in [0.1, 0.15) is 0 Å². The monoisotopic (exact) mass is 269 g/mol. The summed E-state index contributed by atoms with van der Waals surface area (Å²) in [5, 5.41) is 0. The fraction of sp³-hybridized carbons (Fsp3) is 0.938. The molecule has 0 radical (unpaired) electrons. The van der Waals surface area contributed by atoms with Gasteiger partial charge in [0.25, 0.3) is 0 Å². The maximum Gasteiger partial charge on any atom is 0.409 e. The molecule has 0 heterocycles. The van der Waals surface area contributed by atoms with Gasteiger partial charge in [-0.05, 0) is 19.3 Å². The Bertz CT molecular complexity index is 237. The summed E-state index contributed by atoms with van der Waals surface area (Å²) in [4.78, 5) is 13.7. The highest BCUT2D eigenvalue weighted by Crippen LogP contribution is 2.22. The van der Waals surface area contributed by atoms with Gasteiger partial charge in [0.15, 0.2) is 0 Å². The minimum atomic E-state index is -0.125. The van der Waals surface area contributed by atoms with E-state index in [1.807, 2.05) is 11.9 Å². The number of ether oxygens (including phenoxy) is 1. The van der Waals surface area contributed by atoms with E-state index in [4.69, 9.17) is 4.74 Å². The molecule has 0 spiro atoms. The molecule has 1 aliphatic carbocycles. The molecule has 3 nitrogen and oxygen atoms in total. The zero-order chi connectivity index (χ0) is 13.9. The largest absolute Gasteiger partial charge is 0.449 e. The van der Waals surface area contributed by atoms with Crippen LogP contribution in [0.3, 0.4) is 0 Å². The first kappa shape index (κ1) is 16.3. The normalized spacial score (nSPS) is 16.3. The van der Waals surface area contributed by atoms with Crippen LogP contribution in [0.25, 0.3) is 0 Å². The Morgan fingerprint density at radius 1 is 1.05 bits per heavy atom. The third-order valence-corrected chi connectivity index (χ3v) is 4.13. The predicted octanol–water partition coefficient (Wildman–Crippen LogP) is 4.75. The second kappa shape index (κ2) is 10.1. The van der Waals surface area contributed by atoms with Gasteiger partial charge in [-0.25, -0.2) is 4.79 Å². The van der Waals surface area contributed by atoms with Crippen LogP contribution in [0.15, 0.2) is 0 Å². The van der Waals surface area contributed by atoms with Crippen LogP contribution in [0.1, 0.15) is 77.6 Å². The molecule has 0 aromatic carbocycles. The van der Waals surface area contributed by atoms with Crippen molar-refractivity contribution in [2.24, 2.45) is 0 Å². The first-order valence-electron chi connectivity index (χ1n) is 8.15. The molecular weight excluding hydrogens is 238 g/mol. The van der Waals surface area contributed by atoms with Gasteiger partial charge in [-0.2, -0.15) is 0 Å². The van der Waals surface area contributed by atoms with E-state index in [-0.39, 0.29) is 6.09 Å². The van der Waals surface area contributed by atoms with Crippen molar-refractivity contribution in [3.63, 3.8) is 0 Å². The van der Waals surface area contributed by atoms with E-state index in [2.05, 4.69) is 6.92 Å². The standard InChI is InChI=1S/C16H31NO2/c1-3-4-5-6-7-11-14-19-16(18)17(2)15-12-9-8-10-13-15/h15H,3-14H2,1-2H3. The number of rotatable bonds is 8. The fourth-order valence-electron chi connectivity index (χ4n) is 2.76. The molecule has 0 bridgehead atoms. The number of hydrogen-bond acceptors (Lipinski definition) is 2. The second-order valence-electron chi connectivity index (χ2n) is 5.78. The van der Waals surface area contributed by atoms with Crippen LogP contribution in [0.5, 0.6) is 0 Å². The van der Waals surface area contributed by atoms with Crippen molar-refractivity contribution in [3.05, 3.63) is 0 Å². The Labute approximate surface area is 118 Å². The summed E-state index contributed by atoms with van der Waals surface area (Å²) in [7, 11) is 1.89. The third-order valence-electron chi connectivity index (χ3n) is 4.13. The van der Waals surface area contributed by atoms with Crippen molar-refractivity contribution >= 4 is 6.09 Å². The quantitative estimate of drug-likeness (QED) is 0.595. The molecule has 0 unspecified atom stereocenters. The lowest BCUT2D eigenvalue weighted by Crippen LogP contribution is -2.38. The van der Waals surface area contributed by atoms with Gasteiger partial charge in [0, 0.05) is 13.1 Å². The molecule has 0 aromatic heterocycles. The van der Waals surface area contributed by atoms with E-state index in [9.17, 15) is 4.79 Å². The predicted molar refractivity (Wildman–Crippen MR) is 79.4 cm³/mol. The SMILES string of the molecule is CCCCCCCCOC(=O)N(C)C1CCCCC1. The third kappa shape index (κ3) is 6.84. The average Bonchev–Trinajstić information content (AvgIpc) is 2.46. The number of nitrogens with zero attached hydrogens (tertiary/aromatic N) is 1. The molecule has 1 rings (SSSR count). The van der Waals surface area contributed by atoms with E-state index in [1.165, 1.54) is 51.4 Å². The Morgan fingerprint density at radius 3 is 2.37 bits per heavy atom. The maximum atomic E-state index is 11.9. The number of hydrogen-bond donors (Lipinski definition) is 0. The molecule has 1 fully saturated rings. The fourth-order valence-corrected chi connectivity index (χ4v) is 2.76. The Hall–Kier alpha value is -0.730. The number of carbonyl (C=O) groups excluding carboxylic acids is 1. The van der Waals surface area contributed by atoms with E-state index >= 15 is 0 Å². The summed E-state index contributed by atoms with van der Waals surface area (Å²) >= 11 is 0. The van der Waals surface area contributed by atoms with Gasteiger partial charge in [0.05, 0.1) is 6.61 Å². The van der Waals surface area contributed by atoms with Gasteiger partial charge in [-0.3, -0.25) is 0 Å². The molecule has 1 aliphatic rings. The lowest BCUT2D eigenvalue weighted by atomic mass is 9.95. The summed E-state index contributed by atoms with van der Waals surface area (Å²) in [5.41, 5.74) is 0. The van der Waals surface area contributed by atoms with Crippen molar-refractivity contribution in [1.82, 2.24) is 4.90 Å². The lowest BCUT2D eigenvalue weighted by Gasteiger charge is -2.30. The van der Waals surface area contributed by atoms with Crippen LogP contribution in [-0.2, 0) is 4.74 Å². The molecule has 3 heteroatoms. The summed E-state index contributed by atoms with van der Waals surface area (Å²) in [6.07, 6.45) is 13.3. The molecule has 19 heavy (non-hydrogen) atoms. The molecule has 0 aromatic rings. The van der Waals surface area contributed by atoms with Crippen LogP contribution in [0, 0.1) is 0 Å². The average molecular weight is 269 g/mol. The van der Waals surface area contributed by atoms with Crippen molar-refractivity contribution in [1.29, 1.82) is 0 Å². The minimum Gasteiger partial charge on any atom is -0.449 e. The van der Waals surface area contributed by atoms with Crippen LogP contribution in [0.2, 0.25) is 0 Å². The first-order chi connectivity index (χ1) is 9.25. The van der Waals surface area contributed by atoms with Crippen molar-refractivity contribution in [2.45, 2.75) is 83.6 Å². The number of amides is 1. The highest BCUT2D eigenvalue weighted by molar-refractivity contribution is 5.67. The highest BCUT2D eigenvalue weighted by atomic mass is 16.6. The Morgan fingerprint density at radius 2 is 1.68 bits per heavy atom. The summed E-state index contributed by atoms with van der Waals surface area (Å²) in [5.74, 6) is 0. The van der Waals surface area contributed by atoms with E-state index in [0.29, 0.717) is 12.6 Å². The van der Waals surface area contributed by atoms with E-state index < -0.39 is 0 Å². The molecule has 0 N–H and O–H groups in total. The lowest BCUT2D eigenvalue weighted by molar-refractivity contribution is 0.0875. The Kier molecular flexibility index (Phi) is 8.68. The number of unbranched alkanes of at least 4 members (excludes halogenated alkanes) is 5. The zero-order valence-corrected chi connectivity index (χ0v) is 12.8. The maximum absolute atomic E-state index is 11.9. The van der Waals surface area contributed by atoms with Crippen LogP contribution in [-0.4, -0.2) is 30.7 Å². The van der Waals surface area contributed by atoms with Gasteiger partial charge in [-0.15, -0.1) is 0 Å². The summed E-state index contributed by atoms with van der Waals surface area (Å²) < 4.78 is 5.35. The summed E-state index contributed by atoms with van der Waals surface area (Å²) in [6, 6.07) is 0.408. The van der Waals surface area contributed by atoms with Gasteiger partial charge in [0.2, 0.25) is 0 Å². The van der Waals surface area contributed by atoms with Crippen molar-refractivity contribution in [3.8, 4) is 0 Å². The highest BCUT2D eigenvalue weighted by Gasteiger charge is 2.22. The first-order valence-corrected chi connectivity index (χ1v) is 8.15. The Balaban J connectivity index is 2.03. The summed E-state index contributed by atoms with van der Waals surface area (Å²) in [6.45, 7) is 2.81. The van der Waals surface area contributed by atoms with Gasteiger partial charge in [-0.1, -0.05) is 58.3 Å². The zero-order valence-electron chi connectivity index (χ0n) is 12.8. The van der Waals surface area contributed by atoms with Crippen molar-refractivity contribution in [2.75, 3.05) is 13.7 Å². The minimum absolute atomic E-state index is 0.125. The van der Waals surface area contributed by atoms with Crippen LogP contribution >= 0.6 is 0 Å². The topological polar surface area (TPSA) is 29.5 Å². The van der Waals surface area contributed by atoms with Crippen LogP contribution in [0.4, 0.5) is 4.79 Å². The van der Waals surface area contributed by atoms with Gasteiger partial charge < -0.3 is 9.64 Å². The van der Waals surface area contributed by atoms with E-state index in [0.717, 1.165) is 19.3 Å². The van der Waals surface area contributed by atoms with Gasteiger partial charge >= 0.3 is 6.09 Å². The van der Waals surface area contributed by atoms with Crippen LogP contribution < -0.4 is 0 Å². The molecular formula is C16H31NO2. The molecule has 0 aliphatic heterocycles. The molecule has 1 amide bonds. The molecule has 112 valence electrons. The molecule has 0 atom stereocenters. The van der Waals surface area contributed by atoms with Crippen molar-refractivity contribution < 1.29 is 9.53 Å². The smallest absolute Gasteiger partial charge is 0.409 e. The number of carbonyl (C=O) groups is 1.